The van der Waals surface area contributed by atoms with E-state index >= 15 is 0 Å². The van der Waals surface area contributed by atoms with E-state index in [1.54, 1.807) is 10.7 Å². The molecule has 0 aliphatic carbocycles. The zero-order valence-electron chi connectivity index (χ0n) is 10.7. The first-order chi connectivity index (χ1) is 8.53. The summed E-state index contributed by atoms with van der Waals surface area (Å²) in [5.74, 6) is -0.116. The van der Waals surface area contributed by atoms with Crippen LogP contribution in [0.2, 0.25) is 0 Å². The van der Waals surface area contributed by atoms with E-state index in [1.807, 2.05) is 38.2 Å². The zero-order valence-corrected chi connectivity index (χ0v) is 10.7. The van der Waals surface area contributed by atoms with Gasteiger partial charge < -0.3 is 11.1 Å². The predicted molar refractivity (Wildman–Crippen MR) is 70.4 cm³/mol. The van der Waals surface area contributed by atoms with Crippen LogP contribution >= 0.6 is 0 Å². The summed E-state index contributed by atoms with van der Waals surface area (Å²) in [5.41, 5.74) is 6.61. The van der Waals surface area contributed by atoms with E-state index in [9.17, 15) is 4.79 Å². The van der Waals surface area contributed by atoms with Crippen LogP contribution in [0.15, 0.2) is 30.6 Å². The maximum Gasteiger partial charge on any atom is 0.255 e. The van der Waals surface area contributed by atoms with Crippen molar-refractivity contribution in [3.05, 3.63) is 36.2 Å². The average Bonchev–Trinajstić information content (AvgIpc) is 2.71. The van der Waals surface area contributed by atoms with E-state index in [-0.39, 0.29) is 11.4 Å². The Hall–Kier alpha value is -1.88. The van der Waals surface area contributed by atoms with Gasteiger partial charge in [0.15, 0.2) is 0 Å². The van der Waals surface area contributed by atoms with Crippen molar-refractivity contribution in [1.82, 2.24) is 14.9 Å². The number of rotatable bonds is 4. The van der Waals surface area contributed by atoms with Crippen molar-refractivity contribution < 1.29 is 4.79 Å². The highest BCUT2D eigenvalue weighted by atomic mass is 16.1. The summed E-state index contributed by atoms with van der Waals surface area (Å²) >= 11 is 0. The highest BCUT2D eigenvalue weighted by molar-refractivity contribution is 6.00. The summed E-state index contributed by atoms with van der Waals surface area (Å²) in [5, 5.41) is 7.13. The lowest BCUT2D eigenvalue weighted by atomic mass is 10.0. The summed E-state index contributed by atoms with van der Waals surface area (Å²) in [7, 11) is 0. The van der Waals surface area contributed by atoms with Gasteiger partial charge in [-0.25, -0.2) is 4.52 Å². The Morgan fingerprint density at radius 2 is 2.28 bits per heavy atom. The first-order valence-electron chi connectivity index (χ1n) is 5.98. The second-order valence-electron chi connectivity index (χ2n) is 4.97. The van der Waals surface area contributed by atoms with Crippen LogP contribution in [0.25, 0.3) is 5.52 Å². The molecule has 96 valence electrons. The van der Waals surface area contributed by atoms with Gasteiger partial charge in [-0.3, -0.25) is 4.79 Å². The van der Waals surface area contributed by atoms with Crippen molar-refractivity contribution in [2.45, 2.75) is 25.8 Å². The lowest BCUT2D eigenvalue weighted by Gasteiger charge is -2.25. The second-order valence-corrected chi connectivity index (χ2v) is 4.97. The maximum absolute atomic E-state index is 12.2. The minimum Gasteiger partial charge on any atom is -0.347 e. The first kappa shape index (κ1) is 12.6. The highest BCUT2D eigenvalue weighted by Gasteiger charge is 2.22. The summed E-state index contributed by atoms with van der Waals surface area (Å²) < 4.78 is 1.69. The molecule has 0 saturated heterocycles. The number of nitrogens with two attached hydrogens (primary N) is 1. The van der Waals surface area contributed by atoms with Gasteiger partial charge in [0.25, 0.3) is 5.91 Å². The summed E-state index contributed by atoms with van der Waals surface area (Å²) in [6.45, 7) is 4.47. The van der Waals surface area contributed by atoms with Gasteiger partial charge >= 0.3 is 0 Å². The Morgan fingerprint density at radius 1 is 1.50 bits per heavy atom. The molecule has 0 saturated carbocycles. The van der Waals surface area contributed by atoms with E-state index < -0.39 is 0 Å². The van der Waals surface area contributed by atoms with Crippen LogP contribution in [0.1, 0.15) is 30.6 Å². The lowest BCUT2D eigenvalue weighted by Crippen LogP contribution is -2.44. The lowest BCUT2D eigenvalue weighted by molar-refractivity contribution is 0.0912. The molecule has 0 aliphatic heterocycles. The average molecular weight is 246 g/mol. The van der Waals surface area contributed by atoms with Gasteiger partial charge in [0, 0.05) is 11.7 Å². The molecule has 2 aromatic rings. The number of carbonyl (C=O) groups is 1. The number of nitrogens with one attached hydrogen (secondary N) is 1. The van der Waals surface area contributed by atoms with Gasteiger partial charge in [-0.05, 0) is 38.9 Å². The highest BCUT2D eigenvalue weighted by Crippen LogP contribution is 2.13. The standard InChI is InChI=1S/C13H18N4O/c1-13(2,6-7-14)16-12(18)10-9-15-17-8-4-3-5-11(10)17/h3-5,8-9H,6-7,14H2,1-2H3,(H,16,18). The quantitative estimate of drug-likeness (QED) is 0.851. The molecule has 0 radical (unpaired) electrons. The van der Waals surface area contributed by atoms with E-state index in [4.69, 9.17) is 5.73 Å². The van der Waals surface area contributed by atoms with Crippen molar-refractivity contribution >= 4 is 11.4 Å². The van der Waals surface area contributed by atoms with Gasteiger partial charge in [-0.15, -0.1) is 0 Å². The SMILES string of the molecule is CC(C)(CCN)NC(=O)c1cnn2ccccc12. The number of aromatic nitrogens is 2. The zero-order chi connectivity index (χ0) is 13.2. The van der Waals surface area contributed by atoms with Crippen LogP contribution in [-0.4, -0.2) is 27.6 Å². The molecule has 0 aromatic carbocycles. The Morgan fingerprint density at radius 3 is 3.00 bits per heavy atom. The third-order valence-electron chi connectivity index (χ3n) is 2.89. The fourth-order valence-corrected chi connectivity index (χ4v) is 1.91. The van der Waals surface area contributed by atoms with Crippen LogP contribution in [0.3, 0.4) is 0 Å². The molecule has 0 spiro atoms. The van der Waals surface area contributed by atoms with Crippen LogP contribution in [0.4, 0.5) is 0 Å². The molecular weight excluding hydrogens is 228 g/mol. The minimum atomic E-state index is -0.311. The molecule has 2 rings (SSSR count). The number of amides is 1. The Bertz CT molecular complexity index is 559. The van der Waals surface area contributed by atoms with Gasteiger partial charge in [0.05, 0.1) is 17.3 Å². The van der Waals surface area contributed by atoms with Gasteiger partial charge in [0.1, 0.15) is 0 Å². The summed E-state index contributed by atoms with van der Waals surface area (Å²) in [6, 6.07) is 5.64. The smallest absolute Gasteiger partial charge is 0.255 e. The molecule has 1 amide bonds. The third-order valence-corrected chi connectivity index (χ3v) is 2.89. The molecular formula is C13H18N4O. The molecule has 3 N–H and O–H groups in total. The fraction of sp³-hybridized carbons (Fsp3) is 0.385. The number of hydrogen-bond acceptors (Lipinski definition) is 3. The third kappa shape index (κ3) is 2.51. The maximum atomic E-state index is 12.2. The van der Waals surface area contributed by atoms with Crippen LogP contribution < -0.4 is 11.1 Å². The molecule has 2 heterocycles. The van der Waals surface area contributed by atoms with Crippen molar-refractivity contribution in [1.29, 1.82) is 0 Å². The molecule has 5 nitrogen and oxygen atoms in total. The van der Waals surface area contributed by atoms with Crippen molar-refractivity contribution in [2.24, 2.45) is 5.73 Å². The topological polar surface area (TPSA) is 72.4 Å². The van der Waals surface area contributed by atoms with Crippen LogP contribution in [0.5, 0.6) is 0 Å². The van der Waals surface area contributed by atoms with Crippen LogP contribution in [0, 0.1) is 0 Å². The summed E-state index contributed by atoms with van der Waals surface area (Å²) in [4.78, 5) is 12.2. The molecule has 2 aromatic heterocycles. The van der Waals surface area contributed by atoms with E-state index in [1.165, 1.54) is 0 Å². The molecule has 0 unspecified atom stereocenters. The molecule has 0 bridgehead atoms. The second kappa shape index (κ2) is 4.78. The van der Waals surface area contributed by atoms with Gasteiger partial charge in [-0.2, -0.15) is 5.10 Å². The number of pyridine rings is 1. The first-order valence-corrected chi connectivity index (χ1v) is 5.98. The molecule has 0 fully saturated rings. The molecule has 18 heavy (non-hydrogen) atoms. The Kier molecular flexibility index (Phi) is 3.34. The van der Waals surface area contributed by atoms with Crippen molar-refractivity contribution in [3.63, 3.8) is 0 Å². The Labute approximate surface area is 106 Å². The Balaban J connectivity index is 2.24. The molecule has 5 heteroatoms. The number of hydrogen-bond donors (Lipinski definition) is 2. The number of nitrogens with zero attached hydrogens (tertiary/aromatic N) is 2. The van der Waals surface area contributed by atoms with Gasteiger partial charge in [0.2, 0.25) is 0 Å². The monoisotopic (exact) mass is 246 g/mol. The van der Waals surface area contributed by atoms with E-state index in [0.717, 1.165) is 11.9 Å². The van der Waals surface area contributed by atoms with E-state index in [2.05, 4.69) is 10.4 Å². The van der Waals surface area contributed by atoms with Crippen molar-refractivity contribution in [3.8, 4) is 0 Å². The van der Waals surface area contributed by atoms with Gasteiger partial charge in [-0.1, -0.05) is 6.07 Å². The summed E-state index contributed by atoms with van der Waals surface area (Å²) in [6.07, 6.45) is 4.14. The molecule has 0 aliphatic rings. The molecule has 0 atom stereocenters. The van der Waals surface area contributed by atoms with Crippen molar-refractivity contribution in [2.75, 3.05) is 6.54 Å². The number of fused-ring (bicyclic) bond motifs is 1. The normalized spacial score (nSPS) is 11.7. The predicted octanol–water partition coefficient (Wildman–Crippen LogP) is 1.19. The van der Waals surface area contributed by atoms with E-state index in [0.29, 0.717) is 12.1 Å². The largest absolute Gasteiger partial charge is 0.347 e. The van der Waals surface area contributed by atoms with Crippen LogP contribution in [-0.2, 0) is 0 Å². The minimum absolute atomic E-state index is 0.116. The fourth-order valence-electron chi connectivity index (χ4n) is 1.91. The number of carbonyl (C=O) groups excluding carboxylic acids is 1.